The van der Waals surface area contributed by atoms with Crippen LogP contribution in [-0.2, 0) is 16.9 Å². The van der Waals surface area contributed by atoms with E-state index < -0.39 is 5.60 Å². The summed E-state index contributed by atoms with van der Waals surface area (Å²) in [5.74, 6) is 0.0400. The molecule has 0 radical (unpaired) electrons. The van der Waals surface area contributed by atoms with Crippen LogP contribution in [0.4, 0.5) is 0 Å². The van der Waals surface area contributed by atoms with Crippen molar-refractivity contribution >= 4 is 5.91 Å². The summed E-state index contributed by atoms with van der Waals surface area (Å²) in [6, 6.07) is 11.6. The maximum atomic E-state index is 12.8. The van der Waals surface area contributed by atoms with Gasteiger partial charge in [0.05, 0.1) is 11.7 Å². The van der Waals surface area contributed by atoms with E-state index in [9.17, 15) is 9.90 Å². The summed E-state index contributed by atoms with van der Waals surface area (Å²) >= 11 is 0. The Hall–Kier alpha value is -2.18. The van der Waals surface area contributed by atoms with Crippen LogP contribution in [0, 0.1) is 13.8 Å². The highest BCUT2D eigenvalue weighted by molar-refractivity contribution is 5.76. The number of hydrogen-bond donors (Lipinski definition) is 1. The number of aliphatic hydroxyl groups is 1. The first kappa shape index (κ1) is 18.6. The highest BCUT2D eigenvalue weighted by atomic mass is 16.3. The van der Waals surface area contributed by atoms with Crippen LogP contribution in [-0.4, -0.2) is 63.8 Å². The maximum absolute atomic E-state index is 12.8. The monoisotopic (exact) mass is 356 g/mol. The van der Waals surface area contributed by atoms with Crippen LogP contribution >= 0.6 is 0 Å². The third-order valence-electron chi connectivity index (χ3n) is 5.35. The van der Waals surface area contributed by atoms with E-state index in [2.05, 4.69) is 5.10 Å². The molecule has 1 aromatic carbocycles. The SMILES string of the molecule is Cc1cc(C)n(CC(=O)N2CCC(O)(c3ccccc3)[C@H](N(C)C)C2)n1. The van der Waals surface area contributed by atoms with Gasteiger partial charge in [0.2, 0.25) is 5.91 Å². The van der Waals surface area contributed by atoms with E-state index in [4.69, 9.17) is 0 Å². The highest BCUT2D eigenvalue weighted by Crippen LogP contribution is 2.35. The average molecular weight is 356 g/mol. The molecule has 0 saturated carbocycles. The molecule has 3 rings (SSSR count). The van der Waals surface area contributed by atoms with Crippen molar-refractivity contribution < 1.29 is 9.90 Å². The smallest absolute Gasteiger partial charge is 0.244 e. The van der Waals surface area contributed by atoms with Crippen LogP contribution in [0.5, 0.6) is 0 Å². The lowest BCUT2D eigenvalue weighted by Crippen LogP contribution is -2.60. The number of amides is 1. The predicted octanol–water partition coefficient (Wildman–Crippen LogP) is 1.55. The Kier molecular flexibility index (Phi) is 5.16. The molecule has 26 heavy (non-hydrogen) atoms. The number of carbonyl (C=O) groups is 1. The molecule has 1 fully saturated rings. The lowest BCUT2D eigenvalue weighted by molar-refractivity contribution is -0.142. The van der Waals surface area contributed by atoms with Gasteiger partial charge in [-0.25, -0.2) is 0 Å². The number of aromatic nitrogens is 2. The molecule has 2 heterocycles. The molecule has 2 atom stereocenters. The minimum atomic E-state index is -0.959. The molecule has 0 spiro atoms. The second kappa shape index (κ2) is 7.21. The molecule has 0 bridgehead atoms. The first-order valence-electron chi connectivity index (χ1n) is 9.04. The number of piperidine rings is 1. The summed E-state index contributed by atoms with van der Waals surface area (Å²) in [6.45, 7) is 5.16. The fraction of sp³-hybridized carbons (Fsp3) is 0.500. The van der Waals surface area contributed by atoms with Crippen molar-refractivity contribution in [3.05, 3.63) is 53.3 Å². The number of rotatable bonds is 4. The lowest BCUT2D eigenvalue weighted by Gasteiger charge is -2.47. The Morgan fingerprint density at radius 2 is 2.00 bits per heavy atom. The third-order valence-corrected chi connectivity index (χ3v) is 5.35. The van der Waals surface area contributed by atoms with E-state index in [1.165, 1.54) is 0 Å². The van der Waals surface area contributed by atoms with Crippen molar-refractivity contribution in [2.24, 2.45) is 0 Å². The van der Waals surface area contributed by atoms with Gasteiger partial charge >= 0.3 is 0 Å². The highest BCUT2D eigenvalue weighted by Gasteiger charge is 2.45. The lowest BCUT2D eigenvalue weighted by atomic mass is 9.80. The first-order valence-corrected chi connectivity index (χ1v) is 9.04. The van der Waals surface area contributed by atoms with Crippen LogP contribution < -0.4 is 0 Å². The number of hydrogen-bond acceptors (Lipinski definition) is 4. The molecule has 1 aliphatic rings. The Morgan fingerprint density at radius 3 is 2.58 bits per heavy atom. The minimum absolute atomic E-state index is 0.0400. The Labute approximate surface area is 155 Å². The van der Waals surface area contributed by atoms with E-state index in [-0.39, 0.29) is 18.5 Å². The van der Waals surface area contributed by atoms with Crippen molar-refractivity contribution in [3.8, 4) is 0 Å². The average Bonchev–Trinajstić information content (AvgIpc) is 2.92. The molecule has 1 aromatic heterocycles. The quantitative estimate of drug-likeness (QED) is 0.903. The van der Waals surface area contributed by atoms with Crippen molar-refractivity contribution in [1.82, 2.24) is 19.6 Å². The maximum Gasteiger partial charge on any atom is 0.244 e. The molecule has 1 aliphatic heterocycles. The van der Waals surface area contributed by atoms with Gasteiger partial charge in [0, 0.05) is 18.8 Å². The minimum Gasteiger partial charge on any atom is -0.383 e. The van der Waals surface area contributed by atoms with Gasteiger partial charge in [-0.2, -0.15) is 5.10 Å². The second-order valence-corrected chi connectivity index (χ2v) is 7.44. The Balaban J connectivity index is 1.77. The number of likely N-dealkylation sites (N-methyl/N-ethyl adjacent to an activating group) is 1. The number of nitrogens with zero attached hydrogens (tertiary/aromatic N) is 4. The summed E-state index contributed by atoms with van der Waals surface area (Å²) < 4.78 is 1.75. The zero-order valence-electron chi connectivity index (χ0n) is 16.0. The number of aryl methyl sites for hydroxylation is 2. The molecule has 6 heteroatoms. The van der Waals surface area contributed by atoms with Gasteiger partial charge in [-0.05, 0) is 46.0 Å². The zero-order chi connectivity index (χ0) is 18.9. The summed E-state index contributed by atoms with van der Waals surface area (Å²) in [7, 11) is 3.90. The molecule has 1 unspecified atom stereocenters. The predicted molar refractivity (Wildman–Crippen MR) is 101 cm³/mol. The van der Waals surface area contributed by atoms with Crippen molar-refractivity contribution in [2.75, 3.05) is 27.2 Å². The molecule has 0 aliphatic carbocycles. The third kappa shape index (κ3) is 3.52. The number of carbonyl (C=O) groups excluding carboxylic acids is 1. The van der Waals surface area contributed by atoms with E-state index in [0.717, 1.165) is 17.0 Å². The topological polar surface area (TPSA) is 61.6 Å². The van der Waals surface area contributed by atoms with Gasteiger partial charge in [-0.3, -0.25) is 9.48 Å². The standard InChI is InChI=1S/C20H28N4O2/c1-15-12-16(2)24(21-15)14-19(25)23-11-10-20(26,18(13-23)22(3)4)17-8-6-5-7-9-17/h5-9,12,18,26H,10-11,13-14H2,1-4H3/t18-,20?/m1/s1. The first-order chi connectivity index (χ1) is 12.3. The van der Waals surface area contributed by atoms with Crippen molar-refractivity contribution in [1.29, 1.82) is 0 Å². The fourth-order valence-electron chi connectivity index (χ4n) is 3.87. The number of likely N-dealkylation sites (tertiary alicyclic amines) is 1. The van der Waals surface area contributed by atoms with Crippen LogP contribution in [0.1, 0.15) is 23.4 Å². The van der Waals surface area contributed by atoms with Crippen molar-refractivity contribution in [3.63, 3.8) is 0 Å². The molecule has 1 N–H and O–H groups in total. The fourth-order valence-corrected chi connectivity index (χ4v) is 3.87. The van der Waals surface area contributed by atoms with Gasteiger partial charge in [-0.15, -0.1) is 0 Å². The summed E-state index contributed by atoms with van der Waals surface area (Å²) in [6.07, 6.45) is 0.517. The molecule has 2 aromatic rings. The van der Waals surface area contributed by atoms with E-state index in [1.807, 2.05) is 74.1 Å². The van der Waals surface area contributed by atoms with E-state index in [0.29, 0.717) is 19.5 Å². The van der Waals surface area contributed by atoms with Crippen molar-refractivity contribution in [2.45, 2.75) is 38.5 Å². The van der Waals surface area contributed by atoms with Gasteiger partial charge in [0.15, 0.2) is 0 Å². The van der Waals surface area contributed by atoms with Gasteiger partial charge < -0.3 is 14.9 Å². The normalized spacial score (nSPS) is 23.5. The molecule has 140 valence electrons. The molecule has 1 amide bonds. The Bertz CT molecular complexity index is 771. The molecular weight excluding hydrogens is 328 g/mol. The molecular formula is C20H28N4O2. The zero-order valence-corrected chi connectivity index (χ0v) is 16.0. The van der Waals surface area contributed by atoms with Gasteiger partial charge in [-0.1, -0.05) is 30.3 Å². The second-order valence-electron chi connectivity index (χ2n) is 7.44. The summed E-state index contributed by atoms with van der Waals surface area (Å²) in [4.78, 5) is 16.7. The van der Waals surface area contributed by atoms with Gasteiger partial charge in [0.1, 0.15) is 12.1 Å². The van der Waals surface area contributed by atoms with Crippen LogP contribution in [0.3, 0.4) is 0 Å². The molecule has 1 saturated heterocycles. The van der Waals surface area contributed by atoms with Crippen LogP contribution in [0.25, 0.3) is 0 Å². The van der Waals surface area contributed by atoms with Gasteiger partial charge in [0.25, 0.3) is 0 Å². The van der Waals surface area contributed by atoms with E-state index in [1.54, 1.807) is 4.68 Å². The largest absolute Gasteiger partial charge is 0.383 e. The summed E-state index contributed by atoms with van der Waals surface area (Å²) in [5.41, 5.74) is 1.85. The molecule has 6 nitrogen and oxygen atoms in total. The van der Waals surface area contributed by atoms with E-state index >= 15 is 0 Å². The van der Waals surface area contributed by atoms with Crippen LogP contribution in [0.15, 0.2) is 36.4 Å². The number of benzene rings is 1. The summed E-state index contributed by atoms with van der Waals surface area (Å²) in [5, 5.41) is 15.8. The Morgan fingerprint density at radius 1 is 1.31 bits per heavy atom. The van der Waals surface area contributed by atoms with Crippen LogP contribution in [0.2, 0.25) is 0 Å².